The second-order valence-electron chi connectivity index (χ2n) is 2.36. The molecule has 0 N–H and O–H groups in total. The van der Waals surface area contributed by atoms with Gasteiger partial charge in [0.15, 0.2) is 6.61 Å². The lowest BCUT2D eigenvalue weighted by molar-refractivity contribution is -0.153. The molecule has 0 saturated heterocycles. The Kier molecular flexibility index (Phi) is 2.75. The molecule has 0 saturated carbocycles. The van der Waals surface area contributed by atoms with E-state index in [0.29, 0.717) is 0 Å². The molecule has 0 unspecified atom stereocenters. The minimum Gasteiger partial charge on any atom is -0.484 e. The highest BCUT2D eigenvalue weighted by Crippen LogP contribution is 2.18. The first kappa shape index (κ1) is 9.83. The number of benzene rings is 1. The van der Waals surface area contributed by atoms with E-state index in [9.17, 15) is 17.6 Å². The van der Waals surface area contributed by atoms with E-state index < -0.39 is 18.6 Å². The van der Waals surface area contributed by atoms with E-state index in [0.717, 1.165) is 12.1 Å². The van der Waals surface area contributed by atoms with Gasteiger partial charge >= 0.3 is 6.18 Å². The molecule has 0 aliphatic heterocycles. The second-order valence-corrected chi connectivity index (χ2v) is 2.36. The maximum absolute atomic E-state index is 12.4. The van der Waals surface area contributed by atoms with Crippen molar-refractivity contribution in [1.82, 2.24) is 0 Å². The van der Waals surface area contributed by atoms with Crippen molar-refractivity contribution in [2.75, 3.05) is 6.61 Å². The third-order valence-electron chi connectivity index (χ3n) is 1.20. The quantitative estimate of drug-likeness (QED) is 0.657. The lowest BCUT2D eigenvalue weighted by Gasteiger charge is -2.08. The third kappa shape index (κ3) is 3.78. The number of halogens is 4. The van der Waals surface area contributed by atoms with Crippen LogP contribution in [0.15, 0.2) is 24.3 Å². The van der Waals surface area contributed by atoms with Gasteiger partial charge in [0.25, 0.3) is 0 Å². The molecule has 0 aliphatic carbocycles. The monoisotopic (exact) mass is 194 g/mol. The molecule has 0 fully saturated rings. The SMILES string of the molecule is Fc1cccc(OCC(F)(F)F)c1. The molecule has 0 aliphatic rings. The van der Waals surface area contributed by atoms with Gasteiger partial charge in [-0.3, -0.25) is 0 Å². The van der Waals surface area contributed by atoms with Crippen LogP contribution in [0, 0.1) is 5.82 Å². The van der Waals surface area contributed by atoms with Crippen molar-refractivity contribution in [3.8, 4) is 5.75 Å². The number of hydrogen-bond donors (Lipinski definition) is 0. The van der Waals surface area contributed by atoms with E-state index in [1.165, 1.54) is 12.1 Å². The Bertz CT molecular complexity index is 282. The topological polar surface area (TPSA) is 9.23 Å². The van der Waals surface area contributed by atoms with Crippen molar-refractivity contribution in [2.24, 2.45) is 0 Å². The molecule has 0 spiro atoms. The van der Waals surface area contributed by atoms with Crippen molar-refractivity contribution >= 4 is 0 Å². The summed E-state index contributed by atoms with van der Waals surface area (Å²) in [6.45, 7) is -1.41. The van der Waals surface area contributed by atoms with Crippen molar-refractivity contribution in [2.45, 2.75) is 6.18 Å². The molecule has 1 rings (SSSR count). The van der Waals surface area contributed by atoms with Crippen LogP contribution >= 0.6 is 0 Å². The van der Waals surface area contributed by atoms with Crippen molar-refractivity contribution in [1.29, 1.82) is 0 Å². The Morgan fingerprint density at radius 1 is 1.23 bits per heavy atom. The van der Waals surface area contributed by atoms with Gasteiger partial charge in [-0.25, -0.2) is 4.39 Å². The summed E-state index contributed by atoms with van der Waals surface area (Å²) in [5.41, 5.74) is 0. The van der Waals surface area contributed by atoms with Crippen molar-refractivity contribution in [3.05, 3.63) is 30.1 Å². The van der Waals surface area contributed by atoms with Crippen LogP contribution in [0.25, 0.3) is 0 Å². The number of ether oxygens (including phenoxy) is 1. The fraction of sp³-hybridized carbons (Fsp3) is 0.250. The van der Waals surface area contributed by atoms with E-state index >= 15 is 0 Å². The van der Waals surface area contributed by atoms with Crippen LogP contribution in [0.1, 0.15) is 0 Å². The van der Waals surface area contributed by atoms with Crippen LogP contribution in [0.4, 0.5) is 17.6 Å². The maximum Gasteiger partial charge on any atom is 0.422 e. The molecule has 0 amide bonds. The van der Waals surface area contributed by atoms with Gasteiger partial charge in [-0.1, -0.05) is 6.07 Å². The molecular weight excluding hydrogens is 188 g/mol. The molecule has 0 aromatic heterocycles. The summed E-state index contributed by atoms with van der Waals surface area (Å²) in [5, 5.41) is 0. The Morgan fingerprint density at radius 2 is 1.92 bits per heavy atom. The summed E-state index contributed by atoms with van der Waals surface area (Å²) in [5.74, 6) is -0.753. The number of hydrogen-bond acceptors (Lipinski definition) is 1. The zero-order valence-corrected chi connectivity index (χ0v) is 6.44. The third-order valence-corrected chi connectivity index (χ3v) is 1.20. The van der Waals surface area contributed by atoms with Gasteiger partial charge in [0, 0.05) is 6.07 Å². The van der Waals surface area contributed by atoms with E-state index in [2.05, 4.69) is 4.74 Å². The molecule has 0 radical (unpaired) electrons. The summed E-state index contributed by atoms with van der Waals surface area (Å²) < 4.78 is 51.6. The zero-order valence-electron chi connectivity index (χ0n) is 6.44. The Morgan fingerprint density at radius 3 is 2.46 bits per heavy atom. The fourth-order valence-electron chi connectivity index (χ4n) is 0.722. The van der Waals surface area contributed by atoms with Crippen LogP contribution < -0.4 is 4.74 Å². The highest BCUT2D eigenvalue weighted by Gasteiger charge is 2.28. The smallest absolute Gasteiger partial charge is 0.422 e. The molecule has 1 aromatic rings. The van der Waals surface area contributed by atoms with Crippen LogP contribution in [-0.4, -0.2) is 12.8 Å². The Hall–Kier alpha value is -1.26. The van der Waals surface area contributed by atoms with Gasteiger partial charge in [-0.15, -0.1) is 0 Å². The minimum atomic E-state index is -4.40. The lowest BCUT2D eigenvalue weighted by atomic mass is 10.3. The fourth-order valence-corrected chi connectivity index (χ4v) is 0.722. The highest BCUT2D eigenvalue weighted by atomic mass is 19.4. The summed E-state index contributed by atoms with van der Waals surface area (Å²) >= 11 is 0. The second kappa shape index (κ2) is 3.64. The molecule has 72 valence electrons. The largest absolute Gasteiger partial charge is 0.484 e. The molecule has 5 heteroatoms. The summed E-state index contributed by atoms with van der Waals surface area (Å²) in [7, 11) is 0. The molecule has 0 heterocycles. The van der Waals surface area contributed by atoms with Crippen LogP contribution in [0.2, 0.25) is 0 Å². The van der Waals surface area contributed by atoms with Crippen LogP contribution in [0.5, 0.6) is 5.75 Å². The molecule has 0 bridgehead atoms. The molecular formula is C8H6F4O. The molecule has 1 aromatic carbocycles. The average molecular weight is 194 g/mol. The molecule has 0 atom stereocenters. The summed E-state index contributed by atoms with van der Waals surface area (Å²) in [4.78, 5) is 0. The van der Waals surface area contributed by atoms with E-state index in [1.54, 1.807) is 0 Å². The summed E-state index contributed by atoms with van der Waals surface area (Å²) in [6.07, 6.45) is -4.40. The molecule has 13 heavy (non-hydrogen) atoms. The first-order valence-corrected chi connectivity index (χ1v) is 3.42. The standard InChI is InChI=1S/C8H6F4O/c9-6-2-1-3-7(4-6)13-5-8(10,11)12/h1-4H,5H2. The maximum atomic E-state index is 12.4. The van der Waals surface area contributed by atoms with E-state index in [1.807, 2.05) is 0 Å². The van der Waals surface area contributed by atoms with Crippen molar-refractivity contribution < 1.29 is 22.3 Å². The van der Waals surface area contributed by atoms with Crippen molar-refractivity contribution in [3.63, 3.8) is 0 Å². The predicted octanol–water partition coefficient (Wildman–Crippen LogP) is 2.77. The van der Waals surface area contributed by atoms with Gasteiger partial charge in [0.05, 0.1) is 0 Å². The van der Waals surface area contributed by atoms with Gasteiger partial charge in [-0.2, -0.15) is 13.2 Å². The summed E-state index contributed by atoms with van der Waals surface area (Å²) in [6, 6.07) is 4.56. The number of alkyl halides is 3. The molecule has 1 nitrogen and oxygen atoms in total. The van der Waals surface area contributed by atoms with Crippen LogP contribution in [-0.2, 0) is 0 Å². The average Bonchev–Trinajstić information content (AvgIpc) is 2.00. The minimum absolute atomic E-state index is 0.127. The number of rotatable bonds is 2. The predicted molar refractivity (Wildman–Crippen MR) is 38.0 cm³/mol. The Balaban J connectivity index is 2.55. The zero-order chi connectivity index (χ0) is 9.90. The van der Waals surface area contributed by atoms with Gasteiger partial charge in [0.1, 0.15) is 11.6 Å². The van der Waals surface area contributed by atoms with Crippen LogP contribution in [0.3, 0.4) is 0 Å². The Labute approximate surface area is 71.9 Å². The van der Waals surface area contributed by atoms with Gasteiger partial charge < -0.3 is 4.74 Å². The first-order valence-electron chi connectivity index (χ1n) is 3.42. The van der Waals surface area contributed by atoms with Gasteiger partial charge in [-0.05, 0) is 12.1 Å². The van der Waals surface area contributed by atoms with E-state index in [-0.39, 0.29) is 5.75 Å². The normalized spacial score (nSPS) is 11.4. The first-order chi connectivity index (χ1) is 5.97. The highest BCUT2D eigenvalue weighted by molar-refractivity contribution is 5.22. The lowest BCUT2D eigenvalue weighted by Crippen LogP contribution is -2.19. The van der Waals surface area contributed by atoms with E-state index in [4.69, 9.17) is 0 Å². The van der Waals surface area contributed by atoms with Gasteiger partial charge in [0.2, 0.25) is 0 Å².